The van der Waals surface area contributed by atoms with Gasteiger partial charge in [0, 0.05) is 22.3 Å². The number of aromatic hydroxyl groups is 1. The molecule has 18 heavy (non-hydrogen) atoms. The van der Waals surface area contributed by atoms with Crippen molar-refractivity contribution >= 4 is 33.2 Å². The molecule has 2 N–H and O–H groups in total. The van der Waals surface area contributed by atoms with Crippen LogP contribution in [-0.2, 0) is 6.54 Å². The van der Waals surface area contributed by atoms with Crippen LogP contribution in [0.1, 0.15) is 11.1 Å². The molecule has 0 aliphatic carbocycles. The average Bonchev–Trinajstić information content (AvgIpc) is 2.35. The van der Waals surface area contributed by atoms with Gasteiger partial charge in [-0.15, -0.1) is 0 Å². The van der Waals surface area contributed by atoms with Crippen LogP contribution in [0.5, 0.6) is 5.75 Å². The van der Waals surface area contributed by atoms with Gasteiger partial charge in [0.25, 0.3) is 0 Å². The van der Waals surface area contributed by atoms with Crippen molar-refractivity contribution in [3.05, 3.63) is 57.0 Å². The highest BCUT2D eigenvalue weighted by molar-refractivity contribution is 9.10. The number of aryl methyl sites for hydroxylation is 1. The lowest BCUT2D eigenvalue weighted by Crippen LogP contribution is -2.00. The molecule has 0 aromatic heterocycles. The lowest BCUT2D eigenvalue weighted by atomic mass is 10.2. The summed E-state index contributed by atoms with van der Waals surface area (Å²) in [6.45, 7) is 2.56. The molecule has 0 amide bonds. The summed E-state index contributed by atoms with van der Waals surface area (Å²) in [4.78, 5) is 0. The molecule has 2 nitrogen and oxygen atoms in total. The maximum absolute atomic E-state index is 9.82. The van der Waals surface area contributed by atoms with E-state index in [1.165, 1.54) is 5.56 Å². The Morgan fingerprint density at radius 1 is 1.28 bits per heavy atom. The van der Waals surface area contributed by atoms with E-state index >= 15 is 0 Å². The summed E-state index contributed by atoms with van der Waals surface area (Å²) in [7, 11) is 0. The summed E-state index contributed by atoms with van der Waals surface area (Å²) in [5.41, 5.74) is 2.95. The minimum Gasteiger partial charge on any atom is -0.506 e. The molecule has 0 radical (unpaired) electrons. The van der Waals surface area contributed by atoms with Gasteiger partial charge in [-0.1, -0.05) is 29.8 Å². The second-order valence-corrected chi connectivity index (χ2v) is 5.35. The lowest BCUT2D eigenvalue weighted by molar-refractivity contribution is 0.469. The molecule has 0 bridgehead atoms. The number of phenolic OH excluding ortho intramolecular Hbond substituents is 1. The van der Waals surface area contributed by atoms with E-state index in [2.05, 4.69) is 21.2 Å². The molecule has 2 aromatic rings. The van der Waals surface area contributed by atoms with Gasteiger partial charge in [-0.3, -0.25) is 0 Å². The molecule has 0 atom stereocenters. The summed E-state index contributed by atoms with van der Waals surface area (Å²) in [5, 5.41) is 13.5. The first-order chi connectivity index (χ1) is 8.58. The Balaban J connectivity index is 2.16. The van der Waals surface area contributed by atoms with Crippen molar-refractivity contribution in [2.24, 2.45) is 0 Å². The summed E-state index contributed by atoms with van der Waals surface area (Å²) in [5.74, 6) is 0.135. The first kappa shape index (κ1) is 13.2. The molecular formula is C14H13BrClNO. The van der Waals surface area contributed by atoms with Crippen LogP contribution in [0, 0.1) is 6.92 Å². The van der Waals surface area contributed by atoms with Crippen molar-refractivity contribution in [1.82, 2.24) is 0 Å². The Morgan fingerprint density at radius 2 is 2.06 bits per heavy atom. The van der Waals surface area contributed by atoms with Crippen molar-refractivity contribution in [3.63, 3.8) is 0 Å². The zero-order chi connectivity index (χ0) is 13.1. The number of rotatable bonds is 3. The van der Waals surface area contributed by atoms with Crippen LogP contribution in [0.25, 0.3) is 0 Å². The van der Waals surface area contributed by atoms with Gasteiger partial charge < -0.3 is 10.4 Å². The van der Waals surface area contributed by atoms with Crippen molar-refractivity contribution in [2.45, 2.75) is 13.5 Å². The smallest absolute Gasteiger partial charge is 0.139 e. The van der Waals surface area contributed by atoms with E-state index in [1.807, 2.05) is 37.3 Å². The molecule has 0 unspecified atom stereocenters. The average molecular weight is 327 g/mol. The summed E-state index contributed by atoms with van der Waals surface area (Å²) < 4.78 is 0.995. The van der Waals surface area contributed by atoms with Gasteiger partial charge in [0.1, 0.15) is 5.75 Å². The van der Waals surface area contributed by atoms with Gasteiger partial charge in [0.15, 0.2) is 0 Å². The molecule has 0 saturated carbocycles. The number of phenols is 1. The van der Waals surface area contributed by atoms with Gasteiger partial charge in [0.2, 0.25) is 0 Å². The SMILES string of the molecule is Cc1ccc(Br)c(NCc2cccc(Cl)c2O)c1. The fourth-order valence-corrected chi connectivity index (χ4v) is 2.25. The Bertz CT molecular complexity index is 570. The van der Waals surface area contributed by atoms with Crippen LogP contribution in [0.2, 0.25) is 5.02 Å². The highest BCUT2D eigenvalue weighted by Gasteiger charge is 2.06. The molecule has 0 heterocycles. The molecule has 0 fully saturated rings. The second kappa shape index (κ2) is 5.63. The predicted octanol–water partition coefficient (Wildman–Crippen LogP) is 4.73. The summed E-state index contributed by atoms with van der Waals surface area (Å²) in [6, 6.07) is 11.4. The Labute approximate surface area is 120 Å². The van der Waals surface area contributed by atoms with Crippen LogP contribution in [-0.4, -0.2) is 5.11 Å². The highest BCUT2D eigenvalue weighted by atomic mass is 79.9. The van der Waals surface area contributed by atoms with E-state index in [4.69, 9.17) is 11.6 Å². The standard InChI is InChI=1S/C14H13BrClNO/c1-9-5-6-11(15)13(7-9)17-8-10-3-2-4-12(16)14(10)18/h2-7,17-18H,8H2,1H3. The third kappa shape index (κ3) is 2.98. The third-order valence-electron chi connectivity index (χ3n) is 2.66. The zero-order valence-electron chi connectivity index (χ0n) is 9.87. The van der Waals surface area contributed by atoms with Crippen molar-refractivity contribution < 1.29 is 5.11 Å². The van der Waals surface area contributed by atoms with E-state index in [-0.39, 0.29) is 5.75 Å². The van der Waals surface area contributed by atoms with Gasteiger partial charge in [0.05, 0.1) is 5.02 Å². The fraction of sp³-hybridized carbons (Fsp3) is 0.143. The molecule has 2 rings (SSSR count). The second-order valence-electron chi connectivity index (χ2n) is 4.08. The predicted molar refractivity (Wildman–Crippen MR) is 79.3 cm³/mol. The number of hydrogen-bond acceptors (Lipinski definition) is 2. The maximum Gasteiger partial charge on any atom is 0.139 e. The van der Waals surface area contributed by atoms with Crippen LogP contribution >= 0.6 is 27.5 Å². The topological polar surface area (TPSA) is 32.3 Å². The van der Waals surface area contributed by atoms with Gasteiger partial charge in [-0.2, -0.15) is 0 Å². The van der Waals surface area contributed by atoms with Crippen LogP contribution < -0.4 is 5.32 Å². The first-order valence-electron chi connectivity index (χ1n) is 5.54. The van der Waals surface area contributed by atoms with Gasteiger partial charge in [-0.05, 0) is 46.6 Å². The molecule has 0 spiro atoms. The van der Waals surface area contributed by atoms with E-state index < -0.39 is 0 Å². The number of hydrogen-bond donors (Lipinski definition) is 2. The highest BCUT2D eigenvalue weighted by Crippen LogP contribution is 2.29. The zero-order valence-corrected chi connectivity index (χ0v) is 12.2. The van der Waals surface area contributed by atoms with Gasteiger partial charge >= 0.3 is 0 Å². The third-order valence-corrected chi connectivity index (χ3v) is 3.66. The molecule has 94 valence electrons. The molecule has 0 aliphatic rings. The van der Waals surface area contributed by atoms with Crippen molar-refractivity contribution in [3.8, 4) is 5.75 Å². The van der Waals surface area contributed by atoms with E-state index in [0.717, 1.165) is 15.7 Å². The molecule has 0 aliphatic heterocycles. The molecular weight excluding hydrogens is 314 g/mol. The van der Waals surface area contributed by atoms with E-state index in [9.17, 15) is 5.11 Å². The molecule has 4 heteroatoms. The Morgan fingerprint density at radius 3 is 2.83 bits per heavy atom. The van der Waals surface area contributed by atoms with Crippen molar-refractivity contribution in [1.29, 1.82) is 0 Å². The number of anilines is 1. The summed E-state index contributed by atoms with van der Waals surface area (Å²) in [6.07, 6.45) is 0. The number of nitrogens with one attached hydrogen (secondary N) is 1. The Hall–Kier alpha value is -1.19. The number of para-hydroxylation sites is 1. The monoisotopic (exact) mass is 325 g/mol. The summed E-state index contributed by atoms with van der Waals surface area (Å²) >= 11 is 9.35. The normalized spacial score (nSPS) is 10.4. The lowest BCUT2D eigenvalue weighted by Gasteiger charge is -2.11. The minimum absolute atomic E-state index is 0.135. The molecule has 0 saturated heterocycles. The Kier molecular flexibility index (Phi) is 4.15. The quantitative estimate of drug-likeness (QED) is 0.854. The van der Waals surface area contributed by atoms with Crippen LogP contribution in [0.4, 0.5) is 5.69 Å². The van der Waals surface area contributed by atoms with Crippen molar-refractivity contribution in [2.75, 3.05) is 5.32 Å². The minimum atomic E-state index is 0.135. The first-order valence-corrected chi connectivity index (χ1v) is 6.71. The van der Waals surface area contributed by atoms with E-state index in [0.29, 0.717) is 11.6 Å². The largest absolute Gasteiger partial charge is 0.506 e. The van der Waals surface area contributed by atoms with Gasteiger partial charge in [-0.25, -0.2) is 0 Å². The number of halogens is 2. The maximum atomic E-state index is 9.82. The van der Waals surface area contributed by atoms with E-state index in [1.54, 1.807) is 6.07 Å². The molecule has 2 aromatic carbocycles. The number of benzene rings is 2. The van der Waals surface area contributed by atoms with Crippen LogP contribution in [0.3, 0.4) is 0 Å². The fourth-order valence-electron chi connectivity index (χ4n) is 1.67. The van der Waals surface area contributed by atoms with Crippen LogP contribution in [0.15, 0.2) is 40.9 Å².